The Balaban J connectivity index is 1.31. The number of rotatable bonds is 4. The van der Waals surface area contributed by atoms with Gasteiger partial charge in [0.25, 0.3) is 0 Å². The van der Waals surface area contributed by atoms with Crippen LogP contribution in [-0.2, 0) is 0 Å². The molecule has 8 heteroatoms. The van der Waals surface area contributed by atoms with E-state index in [0.29, 0.717) is 11.9 Å². The standard InChI is InChI=1S/C23H29N7O/c1-29-10-8-19(9-11-29)30-15-17(14-25-30)16-12-21-20(24-13-16)6-7-22(27-21)28-23(31)26-18-4-2-3-5-18/h6-7,12-15,18-19H,2-5,8-11H2,1H3,(H2,26,27,28,31). The van der Waals surface area contributed by atoms with Crippen molar-refractivity contribution in [3.05, 3.63) is 36.8 Å². The summed E-state index contributed by atoms with van der Waals surface area (Å²) in [6.07, 6.45) is 12.6. The number of carbonyl (C=O) groups excluding carboxylic acids is 1. The highest BCUT2D eigenvalue weighted by Gasteiger charge is 2.20. The van der Waals surface area contributed by atoms with Crippen LogP contribution < -0.4 is 10.6 Å². The molecule has 31 heavy (non-hydrogen) atoms. The molecule has 0 spiro atoms. The summed E-state index contributed by atoms with van der Waals surface area (Å²) in [5.74, 6) is 0.531. The minimum atomic E-state index is -0.192. The molecule has 2 aliphatic rings. The summed E-state index contributed by atoms with van der Waals surface area (Å²) >= 11 is 0. The zero-order valence-corrected chi connectivity index (χ0v) is 17.9. The summed E-state index contributed by atoms with van der Waals surface area (Å²) in [6, 6.07) is 6.22. The zero-order valence-electron chi connectivity index (χ0n) is 17.9. The van der Waals surface area contributed by atoms with Crippen molar-refractivity contribution in [1.82, 2.24) is 30.0 Å². The second-order valence-corrected chi connectivity index (χ2v) is 8.78. The van der Waals surface area contributed by atoms with E-state index < -0.39 is 0 Å². The van der Waals surface area contributed by atoms with Crippen LogP contribution >= 0.6 is 0 Å². The van der Waals surface area contributed by atoms with Gasteiger partial charge in [-0.2, -0.15) is 5.10 Å². The molecule has 1 saturated carbocycles. The molecule has 162 valence electrons. The Labute approximate surface area is 182 Å². The molecule has 1 saturated heterocycles. The maximum atomic E-state index is 12.3. The van der Waals surface area contributed by atoms with Crippen LogP contribution in [0.2, 0.25) is 0 Å². The fraction of sp³-hybridized carbons (Fsp3) is 0.478. The third-order valence-electron chi connectivity index (χ3n) is 6.47. The van der Waals surface area contributed by atoms with Crippen molar-refractivity contribution in [2.45, 2.75) is 50.6 Å². The number of amides is 2. The quantitative estimate of drug-likeness (QED) is 0.671. The second kappa shape index (κ2) is 8.63. The number of urea groups is 1. The van der Waals surface area contributed by atoms with Crippen LogP contribution in [0.5, 0.6) is 0 Å². The number of piperidine rings is 1. The first-order valence-electron chi connectivity index (χ1n) is 11.2. The van der Waals surface area contributed by atoms with Crippen molar-refractivity contribution in [2.24, 2.45) is 0 Å². The highest BCUT2D eigenvalue weighted by Crippen LogP contribution is 2.26. The maximum absolute atomic E-state index is 12.3. The van der Waals surface area contributed by atoms with Gasteiger partial charge in [-0.15, -0.1) is 0 Å². The van der Waals surface area contributed by atoms with Gasteiger partial charge in [0.05, 0.1) is 23.3 Å². The van der Waals surface area contributed by atoms with Gasteiger partial charge in [0.15, 0.2) is 0 Å². The monoisotopic (exact) mass is 419 g/mol. The molecule has 2 fully saturated rings. The molecule has 5 rings (SSSR count). The van der Waals surface area contributed by atoms with Gasteiger partial charge in [0.1, 0.15) is 5.82 Å². The number of aromatic nitrogens is 4. The van der Waals surface area contributed by atoms with Crippen molar-refractivity contribution >= 4 is 22.9 Å². The lowest BCUT2D eigenvalue weighted by atomic mass is 10.1. The fourth-order valence-electron chi connectivity index (χ4n) is 4.59. The van der Waals surface area contributed by atoms with Crippen LogP contribution in [0.4, 0.5) is 10.6 Å². The van der Waals surface area contributed by atoms with E-state index in [0.717, 1.165) is 60.9 Å². The molecule has 2 N–H and O–H groups in total. The summed E-state index contributed by atoms with van der Waals surface area (Å²) in [6.45, 7) is 2.21. The largest absolute Gasteiger partial charge is 0.335 e. The van der Waals surface area contributed by atoms with Gasteiger partial charge in [0, 0.05) is 29.6 Å². The number of likely N-dealkylation sites (tertiary alicyclic amines) is 1. The number of hydrogen-bond acceptors (Lipinski definition) is 5. The third kappa shape index (κ3) is 4.54. The SMILES string of the molecule is CN1CCC(n2cc(-c3cnc4ccc(NC(=O)NC5CCCC5)nc4c3)cn2)CC1. The van der Waals surface area contributed by atoms with Crippen LogP contribution in [0.15, 0.2) is 36.8 Å². The highest BCUT2D eigenvalue weighted by molar-refractivity contribution is 5.90. The number of carbonyl (C=O) groups is 1. The fourth-order valence-corrected chi connectivity index (χ4v) is 4.59. The first-order valence-corrected chi connectivity index (χ1v) is 11.2. The highest BCUT2D eigenvalue weighted by atomic mass is 16.2. The van der Waals surface area contributed by atoms with Crippen molar-refractivity contribution < 1.29 is 4.79 Å². The number of pyridine rings is 2. The van der Waals surface area contributed by atoms with Crippen LogP contribution in [0.3, 0.4) is 0 Å². The molecular formula is C23H29N7O. The Bertz CT molecular complexity index is 1060. The lowest BCUT2D eigenvalue weighted by molar-refractivity contribution is 0.212. The van der Waals surface area contributed by atoms with E-state index in [1.807, 2.05) is 24.5 Å². The predicted octanol–water partition coefficient (Wildman–Crippen LogP) is 3.82. The molecular weight excluding hydrogens is 390 g/mol. The van der Waals surface area contributed by atoms with Gasteiger partial charge >= 0.3 is 6.03 Å². The van der Waals surface area contributed by atoms with E-state index in [4.69, 9.17) is 0 Å². The normalized spacial score (nSPS) is 18.5. The molecule has 3 aromatic heterocycles. The Morgan fingerprint density at radius 2 is 1.84 bits per heavy atom. The summed E-state index contributed by atoms with van der Waals surface area (Å²) in [4.78, 5) is 23.8. The van der Waals surface area contributed by atoms with Crippen molar-refractivity contribution in [2.75, 3.05) is 25.5 Å². The molecule has 0 atom stereocenters. The van der Waals surface area contributed by atoms with Gasteiger partial charge in [-0.3, -0.25) is 15.0 Å². The van der Waals surface area contributed by atoms with Gasteiger partial charge in [0.2, 0.25) is 0 Å². The van der Waals surface area contributed by atoms with E-state index >= 15 is 0 Å². The Morgan fingerprint density at radius 1 is 1.03 bits per heavy atom. The minimum absolute atomic E-state index is 0.192. The summed E-state index contributed by atoms with van der Waals surface area (Å²) < 4.78 is 2.09. The Kier molecular flexibility index (Phi) is 5.55. The molecule has 3 aromatic rings. The van der Waals surface area contributed by atoms with Gasteiger partial charge in [-0.05, 0) is 64.0 Å². The van der Waals surface area contributed by atoms with E-state index in [9.17, 15) is 4.79 Å². The number of fused-ring (bicyclic) bond motifs is 1. The minimum Gasteiger partial charge on any atom is -0.335 e. The smallest absolute Gasteiger partial charge is 0.320 e. The van der Waals surface area contributed by atoms with E-state index in [1.165, 1.54) is 12.8 Å². The summed E-state index contributed by atoms with van der Waals surface area (Å²) in [5.41, 5.74) is 3.57. The van der Waals surface area contributed by atoms with Crippen LogP contribution in [0.1, 0.15) is 44.6 Å². The maximum Gasteiger partial charge on any atom is 0.320 e. The zero-order chi connectivity index (χ0) is 21.2. The van der Waals surface area contributed by atoms with Crippen molar-refractivity contribution in [3.8, 4) is 11.1 Å². The molecule has 0 radical (unpaired) electrons. The second-order valence-electron chi connectivity index (χ2n) is 8.78. The van der Waals surface area contributed by atoms with Gasteiger partial charge in [-0.1, -0.05) is 12.8 Å². The van der Waals surface area contributed by atoms with E-state index in [1.54, 1.807) is 6.07 Å². The molecule has 2 amide bonds. The van der Waals surface area contributed by atoms with Crippen molar-refractivity contribution in [1.29, 1.82) is 0 Å². The third-order valence-corrected chi connectivity index (χ3v) is 6.47. The molecule has 8 nitrogen and oxygen atoms in total. The number of nitrogens with one attached hydrogen (secondary N) is 2. The molecule has 1 aliphatic heterocycles. The number of nitrogens with zero attached hydrogens (tertiary/aromatic N) is 5. The molecule has 4 heterocycles. The average molecular weight is 420 g/mol. The van der Waals surface area contributed by atoms with E-state index in [-0.39, 0.29) is 12.1 Å². The molecule has 0 unspecified atom stereocenters. The first kappa shape index (κ1) is 19.9. The Morgan fingerprint density at radius 3 is 2.65 bits per heavy atom. The first-order chi connectivity index (χ1) is 15.1. The van der Waals surface area contributed by atoms with Crippen molar-refractivity contribution in [3.63, 3.8) is 0 Å². The van der Waals surface area contributed by atoms with Crippen LogP contribution in [-0.4, -0.2) is 56.9 Å². The Hall–Kier alpha value is -3.00. The number of hydrogen-bond donors (Lipinski definition) is 2. The predicted molar refractivity (Wildman–Crippen MR) is 121 cm³/mol. The van der Waals surface area contributed by atoms with Crippen LogP contribution in [0, 0.1) is 0 Å². The lowest BCUT2D eigenvalue weighted by Gasteiger charge is -2.28. The van der Waals surface area contributed by atoms with E-state index in [2.05, 4.69) is 48.5 Å². The lowest BCUT2D eigenvalue weighted by Crippen LogP contribution is -2.36. The topological polar surface area (TPSA) is 88.0 Å². The summed E-state index contributed by atoms with van der Waals surface area (Å²) in [7, 11) is 2.17. The molecule has 0 bridgehead atoms. The van der Waals surface area contributed by atoms with Crippen LogP contribution in [0.25, 0.3) is 22.2 Å². The molecule has 0 aromatic carbocycles. The molecule has 1 aliphatic carbocycles. The number of anilines is 1. The summed E-state index contributed by atoms with van der Waals surface area (Å²) in [5, 5.41) is 10.5. The van der Waals surface area contributed by atoms with Gasteiger partial charge < -0.3 is 10.2 Å². The van der Waals surface area contributed by atoms with Gasteiger partial charge in [-0.25, -0.2) is 9.78 Å². The average Bonchev–Trinajstić information content (AvgIpc) is 3.46.